The number of non-ortho nitro benzene ring substituents is 1. The van der Waals surface area contributed by atoms with Crippen molar-refractivity contribution < 1.29 is 24.0 Å². The second-order valence-corrected chi connectivity index (χ2v) is 5.94. The molecule has 1 amide bonds. The number of hydrogen-bond acceptors (Lipinski definition) is 6. The molecule has 1 aliphatic heterocycles. The number of ether oxygens (including phenoxy) is 2. The van der Waals surface area contributed by atoms with E-state index in [2.05, 4.69) is 0 Å². The Balaban J connectivity index is 1.81. The van der Waals surface area contributed by atoms with Gasteiger partial charge < -0.3 is 14.4 Å². The van der Waals surface area contributed by atoms with Gasteiger partial charge in [0, 0.05) is 30.8 Å². The van der Waals surface area contributed by atoms with Crippen molar-refractivity contribution in [2.24, 2.45) is 0 Å². The number of carbonyl (C=O) groups excluding carboxylic acids is 2. The van der Waals surface area contributed by atoms with Gasteiger partial charge in [0.05, 0.1) is 23.7 Å². The van der Waals surface area contributed by atoms with Crippen LogP contribution in [0, 0.1) is 10.1 Å². The summed E-state index contributed by atoms with van der Waals surface area (Å²) in [7, 11) is 0. The summed E-state index contributed by atoms with van der Waals surface area (Å²) in [5.41, 5.74) is 0.566. The maximum atomic E-state index is 12.9. The number of esters is 1. The van der Waals surface area contributed by atoms with Crippen LogP contribution in [0.2, 0.25) is 0 Å². The average molecular weight is 370 g/mol. The summed E-state index contributed by atoms with van der Waals surface area (Å²) < 4.78 is 10.8. The molecule has 0 spiro atoms. The summed E-state index contributed by atoms with van der Waals surface area (Å²) >= 11 is 0. The Morgan fingerprint density at radius 3 is 2.26 bits per heavy atom. The molecule has 27 heavy (non-hydrogen) atoms. The van der Waals surface area contributed by atoms with E-state index in [0.29, 0.717) is 31.9 Å². The first-order valence-electron chi connectivity index (χ1n) is 8.43. The number of nitrogens with zero attached hydrogens (tertiary/aromatic N) is 2. The van der Waals surface area contributed by atoms with Crippen molar-refractivity contribution in [1.29, 1.82) is 0 Å². The van der Waals surface area contributed by atoms with Crippen LogP contribution in [0.1, 0.15) is 22.0 Å². The van der Waals surface area contributed by atoms with Gasteiger partial charge in [0.1, 0.15) is 0 Å². The zero-order chi connectivity index (χ0) is 19.2. The minimum Gasteiger partial charge on any atom is -0.444 e. The molecular formula is C19H18N2O6. The maximum Gasteiger partial charge on any atom is 0.339 e. The molecular weight excluding hydrogens is 352 g/mol. The Morgan fingerprint density at radius 1 is 1.04 bits per heavy atom. The van der Waals surface area contributed by atoms with Crippen LogP contribution in [0.3, 0.4) is 0 Å². The topological polar surface area (TPSA) is 99.0 Å². The molecule has 0 unspecified atom stereocenters. The second kappa shape index (κ2) is 8.41. The quantitative estimate of drug-likeness (QED) is 0.455. The molecule has 1 atom stereocenters. The second-order valence-electron chi connectivity index (χ2n) is 5.94. The third kappa shape index (κ3) is 4.48. The number of nitro groups is 1. The minimum absolute atomic E-state index is 0.129. The Labute approximate surface area is 155 Å². The van der Waals surface area contributed by atoms with Crippen molar-refractivity contribution in [2.45, 2.75) is 6.10 Å². The van der Waals surface area contributed by atoms with Crippen molar-refractivity contribution >= 4 is 17.6 Å². The maximum absolute atomic E-state index is 12.9. The molecule has 1 aliphatic rings. The van der Waals surface area contributed by atoms with E-state index in [1.165, 1.54) is 24.3 Å². The highest BCUT2D eigenvalue weighted by atomic mass is 16.6. The number of rotatable bonds is 5. The molecule has 0 N–H and O–H groups in total. The fourth-order valence-corrected chi connectivity index (χ4v) is 2.73. The summed E-state index contributed by atoms with van der Waals surface area (Å²) in [5.74, 6) is -1.04. The molecule has 140 valence electrons. The number of carbonyl (C=O) groups is 2. The van der Waals surface area contributed by atoms with E-state index in [-0.39, 0.29) is 17.2 Å². The van der Waals surface area contributed by atoms with E-state index >= 15 is 0 Å². The summed E-state index contributed by atoms with van der Waals surface area (Å²) in [4.78, 5) is 37.2. The van der Waals surface area contributed by atoms with Gasteiger partial charge in [-0.1, -0.05) is 30.3 Å². The molecule has 1 fully saturated rings. The molecule has 1 saturated heterocycles. The van der Waals surface area contributed by atoms with Gasteiger partial charge in [0.25, 0.3) is 11.6 Å². The van der Waals surface area contributed by atoms with Crippen molar-refractivity contribution in [3.8, 4) is 0 Å². The first-order valence-corrected chi connectivity index (χ1v) is 8.43. The molecule has 0 aliphatic carbocycles. The fraction of sp³-hybridized carbons (Fsp3) is 0.263. The molecule has 1 heterocycles. The van der Waals surface area contributed by atoms with Crippen LogP contribution in [-0.4, -0.2) is 48.0 Å². The van der Waals surface area contributed by atoms with E-state index in [0.717, 1.165) is 0 Å². The van der Waals surface area contributed by atoms with E-state index in [4.69, 9.17) is 9.47 Å². The van der Waals surface area contributed by atoms with Crippen LogP contribution in [0.4, 0.5) is 5.69 Å². The Morgan fingerprint density at radius 2 is 1.67 bits per heavy atom. The Hall–Kier alpha value is -3.26. The molecule has 2 aromatic carbocycles. The van der Waals surface area contributed by atoms with Gasteiger partial charge in [-0.05, 0) is 12.1 Å². The van der Waals surface area contributed by atoms with Gasteiger partial charge >= 0.3 is 5.97 Å². The summed E-state index contributed by atoms with van der Waals surface area (Å²) in [5, 5.41) is 10.7. The minimum atomic E-state index is -1.09. The summed E-state index contributed by atoms with van der Waals surface area (Å²) in [6.07, 6.45) is -1.09. The van der Waals surface area contributed by atoms with Gasteiger partial charge in [0.2, 0.25) is 6.10 Å². The van der Waals surface area contributed by atoms with Crippen LogP contribution >= 0.6 is 0 Å². The molecule has 8 heteroatoms. The monoisotopic (exact) mass is 370 g/mol. The zero-order valence-corrected chi connectivity index (χ0v) is 14.4. The van der Waals surface area contributed by atoms with Gasteiger partial charge in [-0.25, -0.2) is 4.79 Å². The molecule has 2 aromatic rings. The first-order chi connectivity index (χ1) is 13.1. The molecule has 0 radical (unpaired) electrons. The third-order valence-electron chi connectivity index (χ3n) is 4.19. The largest absolute Gasteiger partial charge is 0.444 e. The van der Waals surface area contributed by atoms with Crippen LogP contribution in [-0.2, 0) is 14.3 Å². The van der Waals surface area contributed by atoms with E-state index in [1.807, 2.05) is 0 Å². The lowest BCUT2D eigenvalue weighted by molar-refractivity contribution is -0.384. The van der Waals surface area contributed by atoms with Crippen LogP contribution in [0.25, 0.3) is 0 Å². The van der Waals surface area contributed by atoms with Gasteiger partial charge in [-0.3, -0.25) is 14.9 Å². The zero-order valence-electron chi connectivity index (χ0n) is 14.4. The van der Waals surface area contributed by atoms with Gasteiger partial charge in [0.15, 0.2) is 0 Å². The molecule has 0 aromatic heterocycles. The first kappa shape index (κ1) is 18.5. The lowest BCUT2D eigenvalue weighted by Gasteiger charge is -2.30. The number of morpholine rings is 1. The Kier molecular flexibility index (Phi) is 5.77. The highest BCUT2D eigenvalue weighted by molar-refractivity contribution is 5.93. The molecule has 8 nitrogen and oxygen atoms in total. The molecule has 0 bridgehead atoms. The summed E-state index contributed by atoms with van der Waals surface area (Å²) in [6.45, 7) is 1.72. The smallest absolute Gasteiger partial charge is 0.339 e. The van der Waals surface area contributed by atoms with E-state index < -0.39 is 17.0 Å². The number of benzene rings is 2. The fourth-order valence-electron chi connectivity index (χ4n) is 2.73. The molecule has 0 saturated carbocycles. The SMILES string of the molecule is O=C(O[C@H](C(=O)N1CCOCC1)c1ccccc1)c1ccc([N+](=O)[O-])cc1. The van der Waals surface area contributed by atoms with Crippen LogP contribution in [0.15, 0.2) is 54.6 Å². The highest BCUT2D eigenvalue weighted by Gasteiger charge is 2.30. The van der Waals surface area contributed by atoms with E-state index in [9.17, 15) is 19.7 Å². The van der Waals surface area contributed by atoms with Crippen molar-refractivity contribution in [2.75, 3.05) is 26.3 Å². The Bertz CT molecular complexity index is 816. The predicted octanol–water partition coefficient (Wildman–Crippen LogP) is 2.35. The van der Waals surface area contributed by atoms with E-state index in [1.54, 1.807) is 35.2 Å². The standard InChI is InChI=1S/C19H18N2O6/c22-18(20-10-12-26-13-11-20)17(14-4-2-1-3-5-14)27-19(23)15-6-8-16(9-7-15)21(24)25/h1-9,17H,10-13H2/t17-/m0/s1. The lowest BCUT2D eigenvalue weighted by atomic mass is 10.1. The average Bonchev–Trinajstić information content (AvgIpc) is 2.72. The van der Waals surface area contributed by atoms with Crippen molar-refractivity contribution in [3.05, 3.63) is 75.8 Å². The lowest BCUT2D eigenvalue weighted by Crippen LogP contribution is -2.44. The van der Waals surface area contributed by atoms with Crippen molar-refractivity contribution in [1.82, 2.24) is 4.90 Å². The predicted molar refractivity (Wildman–Crippen MR) is 95.1 cm³/mol. The highest BCUT2D eigenvalue weighted by Crippen LogP contribution is 2.23. The molecule has 3 rings (SSSR count). The normalized spacial score (nSPS) is 15.0. The van der Waals surface area contributed by atoms with Gasteiger partial charge in [-0.15, -0.1) is 0 Å². The third-order valence-corrected chi connectivity index (χ3v) is 4.19. The number of amides is 1. The van der Waals surface area contributed by atoms with Crippen molar-refractivity contribution in [3.63, 3.8) is 0 Å². The number of nitro benzene ring substituents is 1. The summed E-state index contributed by atoms with van der Waals surface area (Å²) in [6, 6.07) is 13.8. The van der Waals surface area contributed by atoms with Crippen LogP contribution in [0.5, 0.6) is 0 Å². The van der Waals surface area contributed by atoms with Crippen LogP contribution < -0.4 is 0 Å². The van der Waals surface area contributed by atoms with Gasteiger partial charge in [-0.2, -0.15) is 0 Å². The number of hydrogen-bond donors (Lipinski definition) is 0.